The third kappa shape index (κ3) is 3.73. The van der Waals surface area contributed by atoms with Gasteiger partial charge >= 0.3 is 6.01 Å². The molecule has 1 heterocycles. The highest BCUT2D eigenvalue weighted by molar-refractivity contribution is 14.1. The number of hydrogen-bond donors (Lipinski definition) is 1. The zero-order valence-corrected chi connectivity index (χ0v) is 14.2. The molecule has 0 saturated carbocycles. The normalized spacial score (nSPS) is 11.0. The third-order valence-electron chi connectivity index (χ3n) is 2.48. The summed E-state index contributed by atoms with van der Waals surface area (Å²) in [5.41, 5.74) is 0.136. The van der Waals surface area contributed by atoms with E-state index in [9.17, 15) is 8.42 Å². The lowest BCUT2D eigenvalue weighted by atomic mass is 10.4. The summed E-state index contributed by atoms with van der Waals surface area (Å²) < 4.78 is 37.8. The van der Waals surface area contributed by atoms with Gasteiger partial charge in [-0.15, -0.1) is 0 Å². The minimum Gasteiger partial charge on any atom is -0.479 e. The molecule has 0 fully saturated rings. The Morgan fingerprint density at radius 1 is 1.14 bits per heavy atom. The first-order valence-corrected chi connectivity index (χ1v) is 8.26. The predicted molar refractivity (Wildman–Crippen MR) is 85.1 cm³/mol. The number of rotatable bonds is 5. The van der Waals surface area contributed by atoms with Crippen LogP contribution in [0.4, 0.5) is 5.69 Å². The summed E-state index contributed by atoms with van der Waals surface area (Å²) in [5, 5.41) is 0. The first-order chi connectivity index (χ1) is 9.96. The second-order valence-corrected chi connectivity index (χ2v) is 6.77. The molecular weight excluding hydrogens is 409 g/mol. The Kier molecular flexibility index (Phi) is 4.83. The van der Waals surface area contributed by atoms with Crippen LogP contribution in [0.15, 0.2) is 35.4 Å². The average molecular weight is 421 g/mol. The highest BCUT2D eigenvalue weighted by Crippen LogP contribution is 2.25. The number of ether oxygens (including phenoxy) is 2. The van der Waals surface area contributed by atoms with Gasteiger partial charge in [0.2, 0.25) is 5.88 Å². The smallest absolute Gasteiger partial charge is 0.319 e. The van der Waals surface area contributed by atoms with Crippen molar-refractivity contribution in [1.82, 2.24) is 9.97 Å². The van der Waals surface area contributed by atoms with Crippen molar-refractivity contribution in [3.05, 3.63) is 34.0 Å². The summed E-state index contributed by atoms with van der Waals surface area (Å²) in [7, 11) is -0.950. The second kappa shape index (κ2) is 6.43. The van der Waals surface area contributed by atoms with E-state index in [1.807, 2.05) is 0 Å². The van der Waals surface area contributed by atoms with Gasteiger partial charge in [-0.3, -0.25) is 4.72 Å². The Bertz CT molecular complexity index is 735. The lowest BCUT2D eigenvalue weighted by molar-refractivity contribution is 0.353. The van der Waals surface area contributed by atoms with E-state index in [0.717, 1.165) is 3.57 Å². The maximum absolute atomic E-state index is 12.3. The van der Waals surface area contributed by atoms with E-state index in [0.29, 0.717) is 0 Å². The van der Waals surface area contributed by atoms with Crippen molar-refractivity contribution in [2.45, 2.75) is 4.90 Å². The van der Waals surface area contributed by atoms with Gasteiger partial charge < -0.3 is 9.47 Å². The number of nitrogens with one attached hydrogen (secondary N) is 1. The van der Waals surface area contributed by atoms with Gasteiger partial charge in [-0.25, -0.2) is 13.4 Å². The van der Waals surface area contributed by atoms with Crippen LogP contribution in [0.3, 0.4) is 0 Å². The van der Waals surface area contributed by atoms with Crippen LogP contribution in [0.25, 0.3) is 0 Å². The fourth-order valence-corrected chi connectivity index (χ4v) is 2.89. The standard InChI is InChI=1S/C12H12IN3O4S/c1-19-11-10(7-14-12(15-11)20-2)16-21(17,18)9-5-3-8(13)4-6-9/h3-7,16H,1-2H3. The molecule has 0 saturated heterocycles. The van der Waals surface area contributed by atoms with Gasteiger partial charge in [0.1, 0.15) is 5.69 Å². The molecule has 0 aliphatic carbocycles. The number of halogens is 1. The summed E-state index contributed by atoms with van der Waals surface area (Å²) in [6.45, 7) is 0. The maximum atomic E-state index is 12.3. The average Bonchev–Trinajstić information content (AvgIpc) is 2.47. The van der Waals surface area contributed by atoms with Crippen molar-refractivity contribution in [2.75, 3.05) is 18.9 Å². The number of sulfonamides is 1. The maximum Gasteiger partial charge on any atom is 0.319 e. The summed E-state index contributed by atoms with van der Waals surface area (Å²) in [6.07, 6.45) is 1.29. The lowest BCUT2D eigenvalue weighted by Gasteiger charge is -2.11. The fourth-order valence-electron chi connectivity index (χ4n) is 1.49. The van der Waals surface area contributed by atoms with E-state index < -0.39 is 10.0 Å². The number of methoxy groups -OCH3 is 2. The molecule has 0 bridgehead atoms. The zero-order chi connectivity index (χ0) is 15.5. The Labute approximate surface area is 135 Å². The Morgan fingerprint density at radius 2 is 1.81 bits per heavy atom. The molecule has 7 nitrogen and oxygen atoms in total. The van der Waals surface area contributed by atoms with Crippen molar-refractivity contribution in [3.63, 3.8) is 0 Å². The Morgan fingerprint density at radius 3 is 2.38 bits per heavy atom. The van der Waals surface area contributed by atoms with Crippen LogP contribution in [-0.2, 0) is 10.0 Å². The summed E-state index contributed by atoms with van der Waals surface area (Å²) in [6, 6.07) is 6.53. The van der Waals surface area contributed by atoms with Crippen molar-refractivity contribution < 1.29 is 17.9 Å². The van der Waals surface area contributed by atoms with E-state index >= 15 is 0 Å². The monoisotopic (exact) mass is 421 g/mol. The molecule has 0 atom stereocenters. The summed E-state index contributed by atoms with van der Waals surface area (Å²) in [4.78, 5) is 7.91. The van der Waals surface area contributed by atoms with Crippen LogP contribution in [0, 0.1) is 3.57 Å². The summed E-state index contributed by atoms with van der Waals surface area (Å²) in [5.74, 6) is 0.0796. The molecule has 0 unspecified atom stereocenters. The number of benzene rings is 1. The predicted octanol–water partition coefficient (Wildman–Crippen LogP) is 1.90. The largest absolute Gasteiger partial charge is 0.479 e. The second-order valence-electron chi connectivity index (χ2n) is 3.84. The van der Waals surface area contributed by atoms with Gasteiger partial charge in [0, 0.05) is 3.57 Å². The van der Waals surface area contributed by atoms with E-state index in [-0.39, 0.29) is 22.5 Å². The molecule has 9 heteroatoms. The van der Waals surface area contributed by atoms with Crippen LogP contribution in [-0.4, -0.2) is 32.6 Å². The molecule has 112 valence electrons. The number of nitrogens with zero attached hydrogens (tertiary/aromatic N) is 2. The van der Waals surface area contributed by atoms with Crippen LogP contribution >= 0.6 is 22.6 Å². The summed E-state index contributed by atoms with van der Waals surface area (Å²) >= 11 is 2.10. The quantitative estimate of drug-likeness (QED) is 0.742. The minimum atomic E-state index is -3.74. The molecule has 0 spiro atoms. The molecule has 21 heavy (non-hydrogen) atoms. The molecule has 0 aliphatic heterocycles. The highest BCUT2D eigenvalue weighted by atomic mass is 127. The number of aromatic nitrogens is 2. The molecule has 0 aliphatic rings. The Hall–Kier alpha value is -1.62. The van der Waals surface area contributed by atoms with Gasteiger partial charge in [0.15, 0.2) is 0 Å². The van der Waals surface area contributed by atoms with Crippen LogP contribution in [0.1, 0.15) is 0 Å². The molecule has 0 amide bonds. The van der Waals surface area contributed by atoms with Crippen molar-refractivity contribution in [3.8, 4) is 11.9 Å². The van der Waals surface area contributed by atoms with Gasteiger partial charge in [0.05, 0.1) is 25.3 Å². The topological polar surface area (TPSA) is 90.4 Å². The first kappa shape index (κ1) is 15.8. The molecular formula is C12H12IN3O4S. The van der Waals surface area contributed by atoms with Gasteiger partial charge in [-0.05, 0) is 46.9 Å². The van der Waals surface area contributed by atoms with Crippen molar-refractivity contribution >= 4 is 38.3 Å². The Balaban J connectivity index is 2.34. The van der Waals surface area contributed by atoms with E-state index in [2.05, 4.69) is 37.3 Å². The van der Waals surface area contributed by atoms with Crippen molar-refractivity contribution in [1.29, 1.82) is 0 Å². The fraction of sp³-hybridized carbons (Fsp3) is 0.167. The highest BCUT2D eigenvalue weighted by Gasteiger charge is 2.18. The van der Waals surface area contributed by atoms with Gasteiger partial charge in [-0.2, -0.15) is 4.98 Å². The molecule has 2 rings (SSSR count). The number of hydrogen-bond acceptors (Lipinski definition) is 6. The molecule has 1 aromatic heterocycles. The zero-order valence-electron chi connectivity index (χ0n) is 11.2. The lowest BCUT2D eigenvalue weighted by Crippen LogP contribution is -2.14. The first-order valence-electron chi connectivity index (χ1n) is 5.69. The van der Waals surface area contributed by atoms with Gasteiger partial charge in [0.25, 0.3) is 10.0 Å². The minimum absolute atomic E-state index is 0.0796. The van der Waals surface area contributed by atoms with Crippen LogP contribution in [0.2, 0.25) is 0 Å². The molecule has 0 radical (unpaired) electrons. The number of anilines is 1. The van der Waals surface area contributed by atoms with Crippen LogP contribution < -0.4 is 14.2 Å². The van der Waals surface area contributed by atoms with E-state index in [1.54, 1.807) is 12.1 Å². The van der Waals surface area contributed by atoms with E-state index in [4.69, 9.17) is 9.47 Å². The SMILES string of the molecule is COc1ncc(NS(=O)(=O)c2ccc(I)cc2)c(OC)n1. The van der Waals surface area contributed by atoms with E-state index in [1.165, 1.54) is 32.5 Å². The van der Waals surface area contributed by atoms with Crippen molar-refractivity contribution in [2.24, 2.45) is 0 Å². The van der Waals surface area contributed by atoms with Crippen LogP contribution in [0.5, 0.6) is 11.9 Å². The molecule has 1 aromatic carbocycles. The van der Waals surface area contributed by atoms with Gasteiger partial charge in [-0.1, -0.05) is 0 Å². The molecule has 1 N–H and O–H groups in total. The third-order valence-corrected chi connectivity index (χ3v) is 4.58. The molecule has 2 aromatic rings.